The van der Waals surface area contributed by atoms with E-state index in [1.165, 1.54) is 18.2 Å². The smallest absolute Gasteiger partial charge is 0.416 e. The Hall–Kier alpha value is -3.53. The largest absolute Gasteiger partial charge is 0.422 e. The van der Waals surface area contributed by atoms with E-state index in [1.54, 1.807) is 12.1 Å². The first-order valence-electron chi connectivity index (χ1n) is 9.39. The second-order valence-corrected chi connectivity index (χ2v) is 6.63. The zero-order valence-corrected chi connectivity index (χ0v) is 16.5. The van der Waals surface area contributed by atoms with Crippen molar-refractivity contribution in [2.75, 3.05) is 18.0 Å². The summed E-state index contributed by atoms with van der Waals surface area (Å²) in [6.45, 7) is 5.68. The molecule has 0 unspecified atom stereocenters. The summed E-state index contributed by atoms with van der Waals surface area (Å²) in [5.74, 6) is 0. The van der Waals surface area contributed by atoms with Crippen molar-refractivity contribution in [3.63, 3.8) is 0 Å². The molecule has 0 saturated carbocycles. The maximum absolute atomic E-state index is 12.7. The molecule has 0 saturated heterocycles. The van der Waals surface area contributed by atoms with E-state index in [4.69, 9.17) is 4.42 Å². The SMILES string of the molecule is CCN(CC)c1ccc2cc(/C=C(\C#N)c3ccc(C(F)(F)F)cc3)c(=O)oc2c1. The van der Waals surface area contributed by atoms with Gasteiger partial charge in [-0.3, -0.25) is 0 Å². The van der Waals surface area contributed by atoms with Crippen LogP contribution < -0.4 is 10.5 Å². The van der Waals surface area contributed by atoms with Gasteiger partial charge in [0.1, 0.15) is 5.58 Å². The van der Waals surface area contributed by atoms with Gasteiger partial charge in [-0.25, -0.2) is 4.79 Å². The molecule has 154 valence electrons. The van der Waals surface area contributed by atoms with Crippen molar-refractivity contribution in [3.05, 3.63) is 75.6 Å². The number of rotatable bonds is 5. The zero-order chi connectivity index (χ0) is 21.9. The van der Waals surface area contributed by atoms with Gasteiger partial charge in [0.2, 0.25) is 0 Å². The van der Waals surface area contributed by atoms with Gasteiger partial charge in [0.05, 0.1) is 22.8 Å². The molecule has 4 nitrogen and oxygen atoms in total. The molecule has 0 fully saturated rings. The van der Waals surface area contributed by atoms with Crippen LogP contribution in [0.4, 0.5) is 18.9 Å². The number of allylic oxidation sites excluding steroid dienone is 1. The van der Waals surface area contributed by atoms with Crippen LogP contribution in [0.3, 0.4) is 0 Å². The summed E-state index contributed by atoms with van der Waals surface area (Å²) in [6, 6.07) is 13.3. The van der Waals surface area contributed by atoms with Crippen molar-refractivity contribution in [2.45, 2.75) is 20.0 Å². The lowest BCUT2D eigenvalue weighted by atomic mass is 10.0. The molecule has 0 atom stereocenters. The normalized spacial score (nSPS) is 12.1. The topological polar surface area (TPSA) is 57.2 Å². The van der Waals surface area contributed by atoms with Gasteiger partial charge in [0.15, 0.2) is 0 Å². The summed E-state index contributed by atoms with van der Waals surface area (Å²) in [6.07, 6.45) is -3.13. The van der Waals surface area contributed by atoms with E-state index in [1.807, 2.05) is 32.0 Å². The summed E-state index contributed by atoms with van der Waals surface area (Å²) in [4.78, 5) is 14.6. The molecule has 7 heteroatoms. The Bertz CT molecular complexity index is 1180. The quantitative estimate of drug-likeness (QED) is 0.397. The Morgan fingerprint density at radius 1 is 1.10 bits per heavy atom. The molecular formula is C23H19F3N2O2. The van der Waals surface area contributed by atoms with E-state index < -0.39 is 17.4 Å². The minimum Gasteiger partial charge on any atom is -0.422 e. The predicted molar refractivity (Wildman–Crippen MR) is 111 cm³/mol. The summed E-state index contributed by atoms with van der Waals surface area (Å²) < 4.78 is 43.6. The highest BCUT2D eigenvalue weighted by molar-refractivity contribution is 5.91. The molecule has 0 aliphatic carbocycles. The number of halogens is 3. The van der Waals surface area contributed by atoms with E-state index in [2.05, 4.69) is 4.90 Å². The zero-order valence-electron chi connectivity index (χ0n) is 16.5. The van der Waals surface area contributed by atoms with Crippen molar-refractivity contribution in [3.8, 4) is 6.07 Å². The van der Waals surface area contributed by atoms with Crippen LogP contribution in [0, 0.1) is 11.3 Å². The van der Waals surface area contributed by atoms with Crippen LogP contribution in [0.15, 0.2) is 57.7 Å². The van der Waals surface area contributed by atoms with Crippen LogP contribution >= 0.6 is 0 Å². The Morgan fingerprint density at radius 3 is 2.33 bits per heavy atom. The van der Waals surface area contributed by atoms with Gasteiger partial charge in [0, 0.05) is 30.2 Å². The fourth-order valence-corrected chi connectivity index (χ4v) is 3.18. The van der Waals surface area contributed by atoms with E-state index >= 15 is 0 Å². The molecule has 1 aromatic heterocycles. The average molecular weight is 412 g/mol. The molecule has 0 amide bonds. The maximum atomic E-state index is 12.7. The Balaban J connectivity index is 2.01. The van der Waals surface area contributed by atoms with Gasteiger partial charge in [-0.15, -0.1) is 0 Å². The highest BCUT2D eigenvalue weighted by Gasteiger charge is 2.30. The number of fused-ring (bicyclic) bond motifs is 1. The Kier molecular flexibility index (Phi) is 5.97. The lowest BCUT2D eigenvalue weighted by Crippen LogP contribution is -2.21. The third kappa shape index (κ3) is 4.38. The fraction of sp³-hybridized carbons (Fsp3) is 0.217. The molecule has 0 aliphatic rings. The van der Waals surface area contributed by atoms with E-state index in [0.717, 1.165) is 30.9 Å². The average Bonchev–Trinajstić information content (AvgIpc) is 2.72. The Morgan fingerprint density at radius 2 is 1.77 bits per heavy atom. The number of nitrogens with zero attached hydrogens (tertiary/aromatic N) is 2. The molecule has 0 bridgehead atoms. The lowest BCUT2D eigenvalue weighted by molar-refractivity contribution is -0.137. The molecule has 3 rings (SSSR count). The van der Waals surface area contributed by atoms with Crippen molar-refractivity contribution in [1.82, 2.24) is 0 Å². The fourth-order valence-electron chi connectivity index (χ4n) is 3.18. The first-order valence-corrected chi connectivity index (χ1v) is 9.39. The summed E-state index contributed by atoms with van der Waals surface area (Å²) in [5.41, 5.74) is 0.416. The standard InChI is InChI=1S/C23H19F3N2O2/c1-3-28(4-2)20-10-7-16-11-17(22(29)30-21(16)13-20)12-18(14-27)15-5-8-19(9-6-15)23(24,25)26/h5-13H,3-4H2,1-2H3/b18-12+. The van der Waals surface area contributed by atoms with Crippen molar-refractivity contribution in [2.24, 2.45) is 0 Å². The minimum absolute atomic E-state index is 0.0649. The molecule has 3 aromatic rings. The number of benzene rings is 2. The molecule has 0 radical (unpaired) electrons. The number of nitriles is 1. The molecule has 0 aliphatic heterocycles. The second-order valence-electron chi connectivity index (χ2n) is 6.63. The first kappa shape index (κ1) is 21.2. The van der Waals surface area contributed by atoms with Crippen LogP contribution in [-0.4, -0.2) is 13.1 Å². The van der Waals surface area contributed by atoms with Gasteiger partial charge in [0.25, 0.3) is 0 Å². The van der Waals surface area contributed by atoms with Gasteiger partial charge in [-0.1, -0.05) is 12.1 Å². The van der Waals surface area contributed by atoms with Gasteiger partial charge in [-0.05, 0) is 55.8 Å². The highest BCUT2D eigenvalue weighted by Crippen LogP contribution is 2.30. The number of alkyl halides is 3. The second kappa shape index (κ2) is 8.46. The summed E-state index contributed by atoms with van der Waals surface area (Å²) >= 11 is 0. The van der Waals surface area contributed by atoms with Crippen LogP contribution in [0.1, 0.15) is 30.5 Å². The van der Waals surface area contributed by atoms with Gasteiger partial charge in [-0.2, -0.15) is 18.4 Å². The van der Waals surface area contributed by atoms with Crippen molar-refractivity contribution >= 4 is 28.3 Å². The number of anilines is 1. The maximum Gasteiger partial charge on any atom is 0.416 e. The predicted octanol–water partition coefficient (Wildman–Crippen LogP) is 5.72. The molecule has 0 N–H and O–H groups in total. The third-order valence-corrected chi connectivity index (χ3v) is 4.82. The first-order chi connectivity index (χ1) is 14.3. The van der Waals surface area contributed by atoms with Crippen LogP contribution in [-0.2, 0) is 6.18 Å². The van der Waals surface area contributed by atoms with E-state index in [-0.39, 0.29) is 16.7 Å². The third-order valence-electron chi connectivity index (χ3n) is 4.82. The number of hydrogen-bond donors (Lipinski definition) is 0. The van der Waals surface area contributed by atoms with Crippen LogP contribution in [0.25, 0.3) is 22.6 Å². The lowest BCUT2D eigenvalue weighted by Gasteiger charge is -2.20. The van der Waals surface area contributed by atoms with Crippen molar-refractivity contribution in [1.29, 1.82) is 5.26 Å². The molecule has 1 heterocycles. The van der Waals surface area contributed by atoms with Gasteiger partial charge >= 0.3 is 11.8 Å². The highest BCUT2D eigenvalue weighted by atomic mass is 19.4. The summed E-state index contributed by atoms with van der Waals surface area (Å²) in [7, 11) is 0. The van der Waals surface area contributed by atoms with Crippen LogP contribution in [0.5, 0.6) is 0 Å². The Labute approximate surface area is 171 Å². The number of hydrogen-bond acceptors (Lipinski definition) is 4. The summed E-state index contributed by atoms with van der Waals surface area (Å²) in [5, 5.41) is 10.1. The van der Waals surface area contributed by atoms with Crippen molar-refractivity contribution < 1.29 is 17.6 Å². The molecule has 0 spiro atoms. The molecule has 30 heavy (non-hydrogen) atoms. The van der Waals surface area contributed by atoms with Gasteiger partial charge < -0.3 is 9.32 Å². The van der Waals surface area contributed by atoms with E-state index in [9.17, 15) is 23.2 Å². The molecular weight excluding hydrogens is 393 g/mol. The monoisotopic (exact) mass is 412 g/mol. The molecule has 2 aromatic carbocycles. The van der Waals surface area contributed by atoms with E-state index in [0.29, 0.717) is 11.0 Å². The van der Waals surface area contributed by atoms with Crippen LogP contribution in [0.2, 0.25) is 0 Å². The minimum atomic E-state index is -4.46.